The molecule has 0 saturated carbocycles. The number of rotatable bonds is 3. The first-order valence-corrected chi connectivity index (χ1v) is 6.83. The zero-order valence-corrected chi connectivity index (χ0v) is 11.7. The Kier molecular flexibility index (Phi) is 4.22. The van der Waals surface area contributed by atoms with Crippen LogP contribution in [0, 0.1) is 0 Å². The van der Waals surface area contributed by atoms with Crippen LogP contribution in [0.15, 0.2) is 34.4 Å². The van der Waals surface area contributed by atoms with E-state index in [4.69, 9.17) is 28.3 Å². The largest absolute Gasteiger partial charge is 0.478 e. The van der Waals surface area contributed by atoms with Gasteiger partial charge in [0.05, 0.1) is 10.6 Å². The second-order valence-corrected chi connectivity index (χ2v) is 5.52. The van der Waals surface area contributed by atoms with Crippen LogP contribution in [0.3, 0.4) is 0 Å². The van der Waals surface area contributed by atoms with Crippen molar-refractivity contribution < 1.29 is 14.7 Å². The number of carbonyl (C=O) groups is 1. The molecule has 0 radical (unpaired) electrons. The van der Waals surface area contributed by atoms with Crippen LogP contribution in [0.2, 0.25) is 10.0 Å². The maximum Gasteiger partial charge on any atom is 0.339 e. The zero-order valence-electron chi connectivity index (χ0n) is 9.37. The van der Waals surface area contributed by atoms with Gasteiger partial charge in [0.1, 0.15) is 11.5 Å². The van der Waals surface area contributed by atoms with Gasteiger partial charge in [-0.25, -0.2) is 9.59 Å². The van der Waals surface area contributed by atoms with E-state index in [1.807, 2.05) is 0 Å². The molecule has 19 heavy (non-hydrogen) atoms. The predicted molar refractivity (Wildman–Crippen MR) is 76.4 cm³/mol. The molecule has 1 aromatic carbocycles. The Labute approximate surface area is 123 Å². The summed E-state index contributed by atoms with van der Waals surface area (Å²) in [6.07, 6.45) is 0. The van der Waals surface area contributed by atoms with Crippen molar-refractivity contribution in [3.8, 4) is 0 Å². The van der Waals surface area contributed by atoms with Crippen molar-refractivity contribution in [2.45, 2.75) is 0 Å². The number of aliphatic carboxylic acids is 1. The first-order valence-electron chi connectivity index (χ1n) is 5.09. The number of hydrogen-bond donors (Lipinski definition) is 2. The molecule has 0 bridgehead atoms. The summed E-state index contributed by atoms with van der Waals surface area (Å²) in [4.78, 5) is 21.8. The van der Waals surface area contributed by atoms with Gasteiger partial charge in [-0.15, -0.1) is 11.8 Å². The number of carbonyl (C=O) groups excluding carboxylic acids is 1. The molecule has 0 atom stereocenters. The molecule has 98 valence electrons. The van der Waals surface area contributed by atoms with E-state index >= 15 is 0 Å². The third kappa shape index (κ3) is 3.14. The quantitative estimate of drug-likeness (QED) is 0.838. The number of carboxylic acid groups (broad SMARTS) is 1. The van der Waals surface area contributed by atoms with E-state index in [0.717, 1.165) is 0 Å². The minimum Gasteiger partial charge on any atom is -0.478 e. The van der Waals surface area contributed by atoms with Crippen LogP contribution in [0.25, 0.3) is 0 Å². The van der Waals surface area contributed by atoms with Gasteiger partial charge in [-0.1, -0.05) is 23.2 Å². The highest BCUT2D eigenvalue weighted by molar-refractivity contribution is 8.03. The minimum absolute atomic E-state index is 0.0592. The Morgan fingerprint density at radius 2 is 1.95 bits per heavy atom. The topological polar surface area (TPSA) is 66.4 Å². The first-order chi connectivity index (χ1) is 9.01. The van der Waals surface area contributed by atoms with Crippen molar-refractivity contribution in [1.29, 1.82) is 0 Å². The molecule has 4 nitrogen and oxygen atoms in total. The van der Waals surface area contributed by atoms with Gasteiger partial charge in [-0.3, -0.25) is 0 Å². The first kappa shape index (κ1) is 14.0. The van der Waals surface area contributed by atoms with Crippen molar-refractivity contribution in [3.63, 3.8) is 0 Å². The molecule has 0 aromatic heterocycles. The summed E-state index contributed by atoms with van der Waals surface area (Å²) in [6.45, 7) is 0. The summed E-state index contributed by atoms with van der Waals surface area (Å²) < 4.78 is 0. The second kappa shape index (κ2) is 5.72. The zero-order chi connectivity index (χ0) is 14.0. The van der Waals surface area contributed by atoms with Gasteiger partial charge in [-0.2, -0.15) is 0 Å². The van der Waals surface area contributed by atoms with Crippen LogP contribution >= 0.6 is 35.0 Å². The summed E-state index contributed by atoms with van der Waals surface area (Å²) in [5.41, 5.74) is 0.634. The summed E-state index contributed by atoms with van der Waals surface area (Å²) in [7, 11) is 0. The lowest BCUT2D eigenvalue weighted by Gasteiger charge is -2.08. The van der Waals surface area contributed by atoms with Crippen LogP contribution < -0.4 is 5.32 Å². The SMILES string of the molecule is O=C=C1CSC(Nc2cc(Cl)cc(Cl)c2)=C1C(=O)O. The van der Waals surface area contributed by atoms with Crippen LogP contribution in [-0.2, 0) is 9.59 Å². The number of thioether (sulfide) groups is 1. The molecule has 7 heteroatoms. The third-order valence-corrected chi connectivity index (χ3v) is 3.81. The van der Waals surface area contributed by atoms with E-state index in [-0.39, 0.29) is 16.9 Å². The van der Waals surface area contributed by atoms with Crippen LogP contribution in [0.4, 0.5) is 5.69 Å². The van der Waals surface area contributed by atoms with E-state index in [2.05, 4.69) is 5.32 Å². The molecule has 0 amide bonds. The number of nitrogens with one attached hydrogen (secondary N) is 1. The average molecular weight is 316 g/mol. The number of anilines is 1. The molecule has 0 spiro atoms. The lowest BCUT2D eigenvalue weighted by atomic mass is 10.1. The van der Waals surface area contributed by atoms with Crippen molar-refractivity contribution >= 4 is 52.6 Å². The molecule has 0 aliphatic carbocycles. The van der Waals surface area contributed by atoms with Crippen molar-refractivity contribution in [1.82, 2.24) is 0 Å². The van der Waals surface area contributed by atoms with E-state index in [9.17, 15) is 9.59 Å². The molecule has 0 saturated heterocycles. The van der Waals surface area contributed by atoms with E-state index < -0.39 is 5.97 Å². The maximum atomic E-state index is 11.1. The van der Waals surface area contributed by atoms with Gasteiger partial charge in [0, 0.05) is 21.5 Å². The maximum absolute atomic E-state index is 11.1. The Hall–Kier alpha value is -1.39. The summed E-state index contributed by atoms with van der Waals surface area (Å²) in [5.74, 6) is 0.761. The van der Waals surface area contributed by atoms with E-state index in [1.54, 1.807) is 24.1 Å². The van der Waals surface area contributed by atoms with E-state index in [0.29, 0.717) is 20.8 Å². The van der Waals surface area contributed by atoms with Gasteiger partial charge < -0.3 is 10.4 Å². The fourth-order valence-electron chi connectivity index (χ4n) is 1.59. The van der Waals surface area contributed by atoms with Gasteiger partial charge in [0.2, 0.25) is 0 Å². The smallest absolute Gasteiger partial charge is 0.339 e. The number of carboxylic acids is 1. The van der Waals surface area contributed by atoms with E-state index in [1.165, 1.54) is 11.8 Å². The molecule has 1 heterocycles. The predicted octanol–water partition coefficient (Wildman–Crippen LogP) is 3.21. The lowest BCUT2D eigenvalue weighted by molar-refractivity contribution is -0.132. The Bertz CT molecular complexity index is 616. The molecular formula is C12H7Cl2NO3S. The van der Waals surface area contributed by atoms with Gasteiger partial charge in [-0.05, 0) is 18.2 Å². The summed E-state index contributed by atoms with van der Waals surface area (Å²) in [5, 5.41) is 13.3. The number of halogens is 2. The Balaban J connectivity index is 2.38. The second-order valence-electron chi connectivity index (χ2n) is 3.66. The fraction of sp³-hybridized carbons (Fsp3) is 0.0833. The van der Waals surface area contributed by atoms with Gasteiger partial charge in [0.15, 0.2) is 0 Å². The minimum atomic E-state index is -1.17. The summed E-state index contributed by atoms with van der Waals surface area (Å²) in [6, 6.07) is 4.80. The molecule has 0 unspecified atom stereocenters. The van der Waals surface area contributed by atoms with Crippen molar-refractivity contribution in [2.75, 3.05) is 11.1 Å². The molecule has 0 fully saturated rings. The fourth-order valence-corrected chi connectivity index (χ4v) is 3.15. The highest BCUT2D eigenvalue weighted by Crippen LogP contribution is 2.36. The molecule has 2 N–H and O–H groups in total. The molecule has 1 aromatic rings. The standard InChI is InChI=1S/C12H7Cl2NO3S/c13-7-1-8(14)3-9(2-7)15-11-10(12(17)18)6(4-16)5-19-11/h1-3,15H,5H2,(H,17,18). The highest BCUT2D eigenvalue weighted by Gasteiger charge is 2.27. The Morgan fingerprint density at radius 1 is 1.32 bits per heavy atom. The number of hydrogen-bond acceptors (Lipinski definition) is 4. The molecule has 2 rings (SSSR count). The van der Waals surface area contributed by atoms with Gasteiger partial charge in [0.25, 0.3) is 0 Å². The van der Waals surface area contributed by atoms with Crippen LogP contribution in [-0.4, -0.2) is 22.8 Å². The number of benzene rings is 1. The van der Waals surface area contributed by atoms with Gasteiger partial charge >= 0.3 is 5.97 Å². The van der Waals surface area contributed by atoms with Crippen LogP contribution in [0.5, 0.6) is 0 Å². The molecule has 1 aliphatic heterocycles. The molecule has 1 aliphatic rings. The van der Waals surface area contributed by atoms with Crippen LogP contribution in [0.1, 0.15) is 0 Å². The normalized spacial score (nSPS) is 14.5. The highest BCUT2D eigenvalue weighted by atomic mass is 35.5. The monoisotopic (exact) mass is 315 g/mol. The summed E-state index contributed by atoms with van der Waals surface area (Å²) >= 11 is 12.9. The molecular weight excluding hydrogens is 309 g/mol. The average Bonchev–Trinajstić information content (AvgIpc) is 2.70. The Morgan fingerprint density at radius 3 is 2.47 bits per heavy atom. The lowest BCUT2D eigenvalue weighted by Crippen LogP contribution is -2.07. The van der Waals surface area contributed by atoms with Crippen molar-refractivity contribution in [2.24, 2.45) is 0 Å². The third-order valence-electron chi connectivity index (χ3n) is 2.35. The van der Waals surface area contributed by atoms with Crippen molar-refractivity contribution in [3.05, 3.63) is 44.4 Å².